The highest BCUT2D eigenvalue weighted by atomic mass is 16.8. The van der Waals surface area contributed by atoms with E-state index in [9.17, 15) is 101 Å². The van der Waals surface area contributed by atoms with Crippen LogP contribution in [-0.4, -0.2) is 289 Å². The van der Waals surface area contributed by atoms with Crippen molar-refractivity contribution < 1.29 is 153 Å². The van der Waals surface area contributed by atoms with Crippen LogP contribution in [0.2, 0.25) is 0 Å². The highest BCUT2D eigenvalue weighted by Crippen LogP contribution is 2.37. The number of carbonyl (C=O) groups is 3. The van der Waals surface area contributed by atoms with Crippen molar-refractivity contribution in [3.05, 3.63) is 0 Å². The third kappa shape index (κ3) is 10.7. The van der Waals surface area contributed by atoms with Crippen LogP contribution in [0.1, 0.15) is 20.8 Å². The van der Waals surface area contributed by atoms with Crippen LogP contribution in [-0.2, 0) is 66.5 Å². The standard InChI is InChI=1S/C36H56O31/c1-4-7(37)10(40)17(47)32(57-4)61-21-14(44)18(48)33(66-26(21)29(52)53)65-24-12(42)9(39)6(3)59-36(24)63-22-15(45)19(49)34(67-27(22)30(54)55)64-23-11(41)8(38)5(2)58-35(23)62-20-13(43)16(46)31(56)60-25(20)28(50)51/h4-27,31-49,56H,1-3H3,(H,50,51)(H,52,53)(H,54,55)/t4-,5-,6-,7-,8-,9-,10+,11+,12+,13+,14+,15+,16+,17+,18+,19+,20+,21+,22+,23+,24+,25-,26-,27-,31+,32-,33+,34+,35-,36-/m0/s1. The fourth-order valence-electron chi connectivity index (χ4n) is 8.21. The maximum Gasteiger partial charge on any atom is 0.335 e. The summed E-state index contributed by atoms with van der Waals surface area (Å²) in [5.74, 6) is -5.65. The third-order valence-electron chi connectivity index (χ3n) is 12.2. The SMILES string of the molecule is C[C@@H]1O[C@@H](O[C@@H]2[C@H](O)[C@@H](O)[C@H](O[C@H]3[C@H](O[C@@H]4[C@H](O)[C@@H](O)[C@H](O[C@H]5[C@H](O[C@@H]6[C@H](O)[C@@H](O)[C@H](O)O[C@@H]6C(=O)O)O[C@@H](C)[C@H](O)[C@H]5O)O[C@@H]4C(=O)O)O[C@@H](C)[C@H](O)[C@H]3O)O[C@@H]2C(=O)O)[C@H](O)[C@H](O)[C@H]1O. The van der Waals surface area contributed by atoms with E-state index in [1.54, 1.807) is 0 Å². The summed E-state index contributed by atoms with van der Waals surface area (Å²) >= 11 is 0. The summed E-state index contributed by atoms with van der Waals surface area (Å²) in [5.41, 5.74) is 0. The molecule has 6 saturated heterocycles. The lowest BCUT2D eigenvalue weighted by Gasteiger charge is -2.49. The first kappa shape index (κ1) is 53.8. The van der Waals surface area contributed by atoms with Crippen molar-refractivity contribution in [3.8, 4) is 0 Å². The van der Waals surface area contributed by atoms with Crippen LogP contribution in [0.4, 0.5) is 0 Å². The molecule has 31 heteroatoms. The van der Waals surface area contributed by atoms with Gasteiger partial charge in [-0.15, -0.1) is 0 Å². The minimum absolute atomic E-state index is 1.18. The molecule has 0 spiro atoms. The molecule has 0 aromatic heterocycles. The van der Waals surface area contributed by atoms with Crippen molar-refractivity contribution in [2.24, 2.45) is 0 Å². The summed E-state index contributed by atoms with van der Waals surface area (Å²) in [6, 6.07) is 0. The second-order valence-corrected chi connectivity index (χ2v) is 16.8. The zero-order valence-corrected chi connectivity index (χ0v) is 35.1. The smallest absolute Gasteiger partial charge is 0.335 e. The molecule has 6 heterocycles. The molecule has 31 nitrogen and oxygen atoms in total. The lowest BCUT2D eigenvalue weighted by molar-refractivity contribution is -0.399. The number of hydrogen-bond donors (Lipinski definition) is 17. The van der Waals surface area contributed by atoms with Crippen LogP contribution in [0, 0.1) is 0 Å². The predicted molar refractivity (Wildman–Crippen MR) is 197 cm³/mol. The Balaban J connectivity index is 1.20. The van der Waals surface area contributed by atoms with Crippen molar-refractivity contribution in [2.45, 2.75) is 205 Å². The van der Waals surface area contributed by atoms with E-state index < -0.39 is 202 Å². The second kappa shape index (κ2) is 21.4. The van der Waals surface area contributed by atoms with Crippen LogP contribution < -0.4 is 0 Å². The van der Waals surface area contributed by atoms with Crippen molar-refractivity contribution in [3.63, 3.8) is 0 Å². The number of carboxylic acid groups (broad SMARTS) is 3. The van der Waals surface area contributed by atoms with Gasteiger partial charge in [0.05, 0.1) is 18.3 Å². The van der Waals surface area contributed by atoms with Crippen molar-refractivity contribution in [1.82, 2.24) is 0 Å². The molecule has 6 fully saturated rings. The van der Waals surface area contributed by atoms with Gasteiger partial charge in [-0.25, -0.2) is 14.4 Å². The molecule has 0 aromatic rings. The number of carboxylic acids is 3. The summed E-state index contributed by atoms with van der Waals surface area (Å²) in [5, 5.41) is 179. The highest BCUT2D eigenvalue weighted by molar-refractivity contribution is 5.74. The predicted octanol–water partition coefficient (Wildman–Crippen LogP) is -10.7. The summed E-state index contributed by atoms with van der Waals surface area (Å²) < 4.78 is 60.0. The summed E-state index contributed by atoms with van der Waals surface area (Å²) in [6.45, 7) is 3.66. The maximum atomic E-state index is 12.7. The Bertz CT molecular complexity index is 1700. The Morgan fingerprint density at radius 2 is 0.552 bits per heavy atom. The minimum atomic E-state index is -2.44. The summed E-state index contributed by atoms with van der Waals surface area (Å²) in [7, 11) is 0. The van der Waals surface area contributed by atoms with Gasteiger partial charge in [0.15, 0.2) is 56.1 Å². The van der Waals surface area contributed by atoms with E-state index in [0.29, 0.717) is 0 Å². The van der Waals surface area contributed by atoms with E-state index in [1.165, 1.54) is 20.8 Å². The molecule has 0 amide bonds. The van der Waals surface area contributed by atoms with Gasteiger partial charge in [-0.05, 0) is 20.8 Å². The van der Waals surface area contributed by atoms with E-state index in [0.717, 1.165) is 0 Å². The molecule has 0 radical (unpaired) electrons. The van der Waals surface area contributed by atoms with Gasteiger partial charge < -0.3 is 139 Å². The fourth-order valence-corrected chi connectivity index (χ4v) is 8.21. The van der Waals surface area contributed by atoms with Gasteiger partial charge in [0, 0.05) is 0 Å². The van der Waals surface area contributed by atoms with Crippen molar-refractivity contribution >= 4 is 17.9 Å². The number of aliphatic hydroxyl groups is 14. The largest absolute Gasteiger partial charge is 0.479 e. The molecular formula is C36H56O31. The molecule has 30 atom stereocenters. The Labute approximate surface area is 376 Å². The topological polar surface area (TPSA) is 497 Å². The zero-order chi connectivity index (χ0) is 49.8. The molecule has 6 aliphatic heterocycles. The number of hydrogen-bond acceptors (Lipinski definition) is 28. The molecule has 6 aliphatic rings. The normalized spacial score (nSPS) is 53.1. The van der Waals surface area contributed by atoms with Crippen LogP contribution in [0.25, 0.3) is 0 Å². The second-order valence-electron chi connectivity index (χ2n) is 16.8. The van der Waals surface area contributed by atoms with Crippen LogP contribution in [0.5, 0.6) is 0 Å². The molecule has 386 valence electrons. The number of rotatable bonds is 13. The van der Waals surface area contributed by atoms with Gasteiger partial charge in [-0.2, -0.15) is 0 Å². The van der Waals surface area contributed by atoms with Gasteiger partial charge >= 0.3 is 17.9 Å². The number of aliphatic carboxylic acids is 3. The van der Waals surface area contributed by atoms with Gasteiger partial charge in [0.2, 0.25) is 0 Å². The van der Waals surface area contributed by atoms with Gasteiger partial charge in [0.1, 0.15) is 110 Å². The lowest BCUT2D eigenvalue weighted by atomic mass is 9.95. The van der Waals surface area contributed by atoms with Gasteiger partial charge in [-0.3, -0.25) is 0 Å². The summed E-state index contributed by atoms with van der Waals surface area (Å²) in [4.78, 5) is 37.0. The van der Waals surface area contributed by atoms with Gasteiger partial charge in [0.25, 0.3) is 0 Å². The average molecular weight is 985 g/mol. The Kier molecular flexibility index (Phi) is 17.2. The monoisotopic (exact) mass is 984 g/mol. The zero-order valence-electron chi connectivity index (χ0n) is 35.1. The van der Waals surface area contributed by atoms with Crippen LogP contribution >= 0.6 is 0 Å². The van der Waals surface area contributed by atoms with E-state index in [4.69, 9.17) is 52.1 Å². The molecular weight excluding hydrogens is 928 g/mol. The molecule has 67 heavy (non-hydrogen) atoms. The van der Waals surface area contributed by atoms with Crippen LogP contribution in [0.15, 0.2) is 0 Å². The molecule has 0 unspecified atom stereocenters. The fraction of sp³-hybridized carbons (Fsp3) is 0.917. The Morgan fingerprint density at radius 1 is 0.299 bits per heavy atom. The molecule has 6 rings (SSSR count). The molecule has 17 N–H and O–H groups in total. The molecule has 0 aromatic carbocycles. The Morgan fingerprint density at radius 3 is 0.925 bits per heavy atom. The first-order valence-corrected chi connectivity index (χ1v) is 20.7. The first-order valence-electron chi connectivity index (χ1n) is 20.7. The van der Waals surface area contributed by atoms with Gasteiger partial charge in [-0.1, -0.05) is 0 Å². The van der Waals surface area contributed by atoms with E-state index in [-0.39, 0.29) is 0 Å². The van der Waals surface area contributed by atoms with Crippen LogP contribution in [0.3, 0.4) is 0 Å². The average Bonchev–Trinajstić information content (AvgIpc) is 3.27. The van der Waals surface area contributed by atoms with E-state index in [2.05, 4.69) is 0 Å². The van der Waals surface area contributed by atoms with E-state index in [1.807, 2.05) is 0 Å². The number of ether oxygens (including phenoxy) is 11. The van der Waals surface area contributed by atoms with Crippen molar-refractivity contribution in [1.29, 1.82) is 0 Å². The molecule has 0 bridgehead atoms. The third-order valence-corrected chi connectivity index (χ3v) is 12.2. The Hall–Kier alpha value is -2.59. The highest BCUT2D eigenvalue weighted by Gasteiger charge is 2.59. The van der Waals surface area contributed by atoms with Crippen molar-refractivity contribution in [2.75, 3.05) is 0 Å². The molecule has 0 saturated carbocycles. The quantitative estimate of drug-likeness (QED) is 0.0815. The maximum absolute atomic E-state index is 12.7. The summed E-state index contributed by atoms with van der Waals surface area (Å²) in [6.07, 6.45) is -61.9. The lowest BCUT2D eigenvalue weighted by Crippen LogP contribution is -2.68. The molecule has 0 aliphatic carbocycles. The first-order chi connectivity index (χ1) is 31.3. The van der Waals surface area contributed by atoms with E-state index >= 15 is 0 Å². The number of aliphatic hydroxyl groups excluding tert-OH is 14. The minimum Gasteiger partial charge on any atom is -0.479 e.